The highest BCUT2D eigenvalue weighted by atomic mass is 16.5. The van der Waals surface area contributed by atoms with Crippen molar-refractivity contribution < 1.29 is 9.53 Å². The first-order valence-corrected chi connectivity index (χ1v) is 2.94. The fraction of sp³-hybridized carbons (Fsp3) is 0.500. The van der Waals surface area contributed by atoms with E-state index in [9.17, 15) is 4.79 Å². The average molecular weight is 126 g/mol. The fourth-order valence-electron chi connectivity index (χ4n) is 0.271. The highest BCUT2D eigenvalue weighted by Gasteiger charge is 1.88. The monoisotopic (exact) mass is 126 g/mol. The highest BCUT2D eigenvalue weighted by molar-refractivity contribution is 6.31. The summed E-state index contributed by atoms with van der Waals surface area (Å²) >= 11 is 0. The number of carbonyl (C=O) groups excluding carboxylic acids is 1. The predicted molar refractivity (Wildman–Crippen MR) is 38.9 cm³/mol. The molecule has 0 amide bonds. The van der Waals surface area contributed by atoms with Crippen molar-refractivity contribution in [2.75, 3.05) is 0 Å². The van der Waals surface area contributed by atoms with E-state index < -0.39 is 0 Å². The topological polar surface area (TPSA) is 26.3 Å². The van der Waals surface area contributed by atoms with Crippen LogP contribution in [0.4, 0.5) is 0 Å². The lowest BCUT2D eigenvalue weighted by atomic mass is 10.00. The van der Waals surface area contributed by atoms with Crippen LogP contribution in [0.25, 0.3) is 0 Å². The van der Waals surface area contributed by atoms with E-state index in [1.165, 1.54) is 6.26 Å². The van der Waals surface area contributed by atoms with Crippen LogP contribution in [0.2, 0.25) is 0 Å². The normalized spacial score (nSPS) is 11.7. The number of hydrogen-bond donors (Lipinski definition) is 0. The molecule has 0 radical (unpaired) electrons. The standard InChI is InChI=1S/C6H11BO2/c1-5(2)9-4-6(7)3-8/h3-5H,7H2,1-2H3/b6-4+. The van der Waals surface area contributed by atoms with E-state index in [1.54, 1.807) is 7.85 Å². The molecule has 0 aromatic rings. The van der Waals surface area contributed by atoms with Gasteiger partial charge >= 0.3 is 0 Å². The Kier molecular flexibility index (Phi) is 3.85. The Hall–Kier alpha value is -0.725. The van der Waals surface area contributed by atoms with Gasteiger partial charge in [0.25, 0.3) is 0 Å². The second-order valence-corrected chi connectivity index (χ2v) is 2.16. The maximum atomic E-state index is 9.97. The van der Waals surface area contributed by atoms with Gasteiger partial charge in [0, 0.05) is 0 Å². The molecule has 0 rings (SSSR count). The third kappa shape index (κ3) is 5.14. The Morgan fingerprint density at radius 2 is 2.22 bits per heavy atom. The van der Waals surface area contributed by atoms with E-state index >= 15 is 0 Å². The quantitative estimate of drug-likeness (QED) is 0.232. The van der Waals surface area contributed by atoms with Gasteiger partial charge in [-0.2, -0.15) is 0 Å². The Morgan fingerprint density at radius 3 is 2.56 bits per heavy atom. The summed E-state index contributed by atoms with van der Waals surface area (Å²) in [5.41, 5.74) is 0.615. The molecule has 0 saturated heterocycles. The molecule has 0 bridgehead atoms. The van der Waals surface area contributed by atoms with Crippen LogP contribution in [0.5, 0.6) is 0 Å². The van der Waals surface area contributed by atoms with Gasteiger partial charge in [-0.15, -0.1) is 0 Å². The molecule has 0 fully saturated rings. The van der Waals surface area contributed by atoms with Crippen molar-refractivity contribution >= 4 is 14.1 Å². The number of hydrogen-bond acceptors (Lipinski definition) is 2. The maximum absolute atomic E-state index is 9.97. The van der Waals surface area contributed by atoms with Crippen LogP contribution in [-0.2, 0) is 9.53 Å². The van der Waals surface area contributed by atoms with E-state index in [0.29, 0.717) is 5.47 Å². The van der Waals surface area contributed by atoms with E-state index in [4.69, 9.17) is 4.74 Å². The number of rotatable bonds is 3. The molecule has 2 nitrogen and oxygen atoms in total. The van der Waals surface area contributed by atoms with Crippen molar-refractivity contribution in [3.8, 4) is 0 Å². The van der Waals surface area contributed by atoms with E-state index in [2.05, 4.69) is 0 Å². The number of aldehydes is 1. The zero-order valence-electron chi connectivity index (χ0n) is 6.05. The van der Waals surface area contributed by atoms with E-state index in [1.807, 2.05) is 13.8 Å². The molecule has 0 aromatic heterocycles. The van der Waals surface area contributed by atoms with Crippen LogP contribution in [0.1, 0.15) is 13.8 Å². The van der Waals surface area contributed by atoms with Gasteiger partial charge in [-0.05, 0) is 19.3 Å². The summed E-state index contributed by atoms with van der Waals surface area (Å²) in [5.74, 6) is 0. The van der Waals surface area contributed by atoms with Crippen molar-refractivity contribution in [3.63, 3.8) is 0 Å². The second-order valence-electron chi connectivity index (χ2n) is 2.16. The van der Waals surface area contributed by atoms with Crippen LogP contribution < -0.4 is 0 Å². The predicted octanol–water partition coefficient (Wildman–Crippen LogP) is 0.0848. The Morgan fingerprint density at radius 1 is 1.67 bits per heavy atom. The summed E-state index contributed by atoms with van der Waals surface area (Å²) in [7, 11) is 1.70. The highest BCUT2D eigenvalue weighted by Crippen LogP contribution is 1.90. The average Bonchev–Trinajstić information content (AvgIpc) is 1.83. The smallest absolute Gasteiger partial charge is 0.147 e. The molecule has 0 unspecified atom stereocenters. The van der Waals surface area contributed by atoms with Crippen LogP contribution in [-0.4, -0.2) is 20.2 Å². The summed E-state index contributed by atoms with van der Waals surface area (Å²) in [5, 5.41) is 0. The molecule has 0 spiro atoms. The first-order valence-electron chi connectivity index (χ1n) is 2.94. The van der Waals surface area contributed by atoms with Crippen molar-refractivity contribution in [1.82, 2.24) is 0 Å². The number of ether oxygens (including phenoxy) is 1. The minimum Gasteiger partial charge on any atom is -0.499 e. The molecular weight excluding hydrogens is 115 g/mol. The molecule has 50 valence electrons. The second kappa shape index (κ2) is 4.18. The van der Waals surface area contributed by atoms with Gasteiger partial charge in [-0.1, -0.05) is 0 Å². The maximum Gasteiger partial charge on any atom is 0.147 e. The van der Waals surface area contributed by atoms with Crippen molar-refractivity contribution in [2.24, 2.45) is 0 Å². The van der Waals surface area contributed by atoms with Crippen molar-refractivity contribution in [1.29, 1.82) is 0 Å². The number of carbonyl (C=O) groups is 1. The Labute approximate surface area is 56.3 Å². The van der Waals surface area contributed by atoms with Gasteiger partial charge < -0.3 is 4.74 Å². The molecule has 0 saturated carbocycles. The van der Waals surface area contributed by atoms with E-state index in [0.717, 1.165) is 6.29 Å². The minimum atomic E-state index is 0.153. The van der Waals surface area contributed by atoms with Gasteiger partial charge in [0.05, 0.1) is 12.4 Å². The van der Waals surface area contributed by atoms with Gasteiger partial charge in [-0.3, -0.25) is 4.79 Å². The molecule has 9 heavy (non-hydrogen) atoms. The van der Waals surface area contributed by atoms with E-state index in [-0.39, 0.29) is 6.10 Å². The number of allylic oxidation sites excluding steroid dienone is 1. The van der Waals surface area contributed by atoms with Gasteiger partial charge in [-0.25, -0.2) is 0 Å². The summed E-state index contributed by atoms with van der Waals surface area (Å²) < 4.78 is 5.00. The molecule has 0 aromatic carbocycles. The van der Waals surface area contributed by atoms with Crippen LogP contribution in [0, 0.1) is 0 Å². The largest absolute Gasteiger partial charge is 0.499 e. The molecular formula is C6H11BO2. The molecule has 0 N–H and O–H groups in total. The Bertz CT molecular complexity index is 118. The summed E-state index contributed by atoms with van der Waals surface area (Å²) in [6.07, 6.45) is 2.39. The third-order valence-corrected chi connectivity index (χ3v) is 0.712. The van der Waals surface area contributed by atoms with Gasteiger partial charge in [0.15, 0.2) is 0 Å². The lowest BCUT2D eigenvalue weighted by Gasteiger charge is -2.02. The van der Waals surface area contributed by atoms with Crippen molar-refractivity contribution in [3.05, 3.63) is 11.7 Å². The summed E-state index contributed by atoms with van der Waals surface area (Å²) in [6.45, 7) is 3.82. The van der Waals surface area contributed by atoms with Crippen LogP contribution >= 0.6 is 0 Å². The zero-order chi connectivity index (χ0) is 7.28. The lowest BCUT2D eigenvalue weighted by Crippen LogP contribution is -1.97. The van der Waals surface area contributed by atoms with Crippen LogP contribution in [0.3, 0.4) is 0 Å². The molecule has 0 atom stereocenters. The zero-order valence-corrected chi connectivity index (χ0v) is 6.05. The van der Waals surface area contributed by atoms with Gasteiger partial charge in [0.2, 0.25) is 0 Å². The first kappa shape index (κ1) is 8.27. The fourth-order valence-corrected chi connectivity index (χ4v) is 0.271. The van der Waals surface area contributed by atoms with Crippen LogP contribution in [0.15, 0.2) is 11.7 Å². The molecule has 0 heterocycles. The first-order chi connectivity index (χ1) is 4.16. The molecule has 0 aliphatic heterocycles. The van der Waals surface area contributed by atoms with Gasteiger partial charge in [0.1, 0.15) is 14.1 Å². The minimum absolute atomic E-state index is 0.153. The third-order valence-electron chi connectivity index (χ3n) is 0.712. The van der Waals surface area contributed by atoms with Crippen molar-refractivity contribution in [2.45, 2.75) is 20.0 Å². The molecule has 0 aliphatic rings. The SMILES string of the molecule is B/C(C=O)=C/OC(C)C. The Balaban J connectivity index is 3.56. The lowest BCUT2D eigenvalue weighted by molar-refractivity contribution is -0.104. The summed E-state index contributed by atoms with van der Waals surface area (Å²) in [6, 6.07) is 0. The summed E-state index contributed by atoms with van der Waals surface area (Å²) in [4.78, 5) is 9.97. The molecule has 3 heteroatoms. The molecule has 0 aliphatic carbocycles.